The summed E-state index contributed by atoms with van der Waals surface area (Å²) in [5.41, 5.74) is 1.04. The Bertz CT molecular complexity index is 1270. The summed E-state index contributed by atoms with van der Waals surface area (Å²) < 4.78 is 1.44. The van der Waals surface area contributed by atoms with Gasteiger partial charge in [-0.1, -0.05) is 30.3 Å². The lowest BCUT2D eigenvalue weighted by Gasteiger charge is -2.22. The van der Waals surface area contributed by atoms with E-state index in [1.807, 2.05) is 30.3 Å². The topological polar surface area (TPSA) is 174 Å². The second kappa shape index (κ2) is 9.97. The van der Waals surface area contributed by atoms with E-state index in [0.717, 1.165) is 5.56 Å². The summed E-state index contributed by atoms with van der Waals surface area (Å²) in [4.78, 5) is 24.1. The Balaban J connectivity index is 1.39. The second-order valence-electron chi connectivity index (χ2n) is 7.29. The molecular formula is C21H20N8O5. The molecule has 2 aromatic carbocycles. The zero-order valence-electron chi connectivity index (χ0n) is 17.7. The van der Waals surface area contributed by atoms with Gasteiger partial charge in [0.15, 0.2) is 6.67 Å². The minimum Gasteiger partial charge on any atom is -0.394 e. The number of nitrogens with zero attached hydrogens (tertiary/aromatic N) is 7. The van der Waals surface area contributed by atoms with Crippen LogP contribution in [-0.4, -0.2) is 63.7 Å². The first-order valence-electron chi connectivity index (χ1n) is 10.2. The molecule has 0 fully saturated rings. The highest BCUT2D eigenvalue weighted by Crippen LogP contribution is 2.20. The van der Waals surface area contributed by atoms with Gasteiger partial charge in [-0.05, 0) is 29.0 Å². The highest BCUT2D eigenvalue weighted by Gasteiger charge is 2.24. The first-order valence-corrected chi connectivity index (χ1v) is 10.2. The van der Waals surface area contributed by atoms with E-state index in [-0.39, 0.29) is 18.1 Å². The number of nitro groups is 1. The molecule has 0 aliphatic carbocycles. The number of hydrogen-bond acceptors (Lipinski definition) is 9. The van der Waals surface area contributed by atoms with Crippen LogP contribution >= 0.6 is 0 Å². The number of benzene rings is 2. The molecule has 0 radical (unpaired) electrons. The zero-order chi connectivity index (χ0) is 24.1. The quantitative estimate of drug-likeness (QED) is 0.239. The fourth-order valence-corrected chi connectivity index (χ4v) is 3.19. The average Bonchev–Trinajstić information content (AvgIpc) is 3.53. The van der Waals surface area contributed by atoms with E-state index < -0.39 is 29.6 Å². The number of tetrazole rings is 1. The molecule has 0 aliphatic rings. The maximum absolute atomic E-state index is 12.6. The van der Waals surface area contributed by atoms with Gasteiger partial charge in [-0.25, -0.2) is 4.68 Å². The molecule has 13 heteroatoms. The molecule has 0 saturated heterocycles. The van der Waals surface area contributed by atoms with Gasteiger partial charge in [-0.2, -0.15) is 5.10 Å². The van der Waals surface area contributed by atoms with Crippen molar-refractivity contribution in [3.8, 4) is 11.4 Å². The number of carbonyl (C=O) groups is 1. The second-order valence-corrected chi connectivity index (χ2v) is 7.29. The molecule has 2 atom stereocenters. The smallest absolute Gasteiger partial charge is 0.272 e. The molecule has 0 bridgehead atoms. The molecule has 13 nitrogen and oxygen atoms in total. The molecule has 4 rings (SSSR count). The molecule has 174 valence electrons. The van der Waals surface area contributed by atoms with Crippen LogP contribution in [0.25, 0.3) is 11.4 Å². The maximum Gasteiger partial charge on any atom is 0.272 e. The largest absolute Gasteiger partial charge is 0.394 e. The molecule has 0 saturated carbocycles. The van der Waals surface area contributed by atoms with Gasteiger partial charge in [-0.3, -0.25) is 14.9 Å². The summed E-state index contributed by atoms with van der Waals surface area (Å²) >= 11 is 0. The number of hydrogen-bond donors (Lipinski definition) is 3. The van der Waals surface area contributed by atoms with Crippen molar-refractivity contribution < 1.29 is 19.9 Å². The molecule has 1 amide bonds. The lowest BCUT2D eigenvalue weighted by atomic mass is 10.0. The number of rotatable bonds is 9. The summed E-state index contributed by atoms with van der Waals surface area (Å²) in [7, 11) is 0. The molecule has 0 spiro atoms. The number of nitrogens with one attached hydrogen (secondary N) is 1. The van der Waals surface area contributed by atoms with Gasteiger partial charge in [0.25, 0.3) is 11.6 Å². The van der Waals surface area contributed by atoms with Gasteiger partial charge in [-0.15, -0.1) is 15.0 Å². The van der Waals surface area contributed by atoms with Gasteiger partial charge < -0.3 is 15.5 Å². The maximum atomic E-state index is 12.6. The predicted molar refractivity (Wildman–Crippen MR) is 117 cm³/mol. The van der Waals surface area contributed by atoms with Crippen molar-refractivity contribution >= 4 is 11.6 Å². The Morgan fingerprint density at radius 1 is 1.09 bits per heavy atom. The number of aliphatic hydroxyl groups is 2. The van der Waals surface area contributed by atoms with Crippen molar-refractivity contribution in [1.82, 2.24) is 35.3 Å². The van der Waals surface area contributed by atoms with E-state index in [2.05, 4.69) is 25.8 Å². The van der Waals surface area contributed by atoms with Crippen LogP contribution in [0.3, 0.4) is 0 Å². The summed E-state index contributed by atoms with van der Waals surface area (Å²) in [6.45, 7) is -0.447. The average molecular weight is 464 g/mol. The molecular weight excluding hydrogens is 444 g/mol. The summed E-state index contributed by atoms with van der Waals surface area (Å²) in [6, 6.07) is 15.0. The minimum atomic E-state index is -1.28. The standard InChI is InChI=1S/C21H20N8O5/c30-12-18(19(31)14-6-8-16(9-7-14)29(33)34)22-21(32)17-10-11-27(24-17)13-28-25-20(23-26-28)15-4-2-1-3-5-15/h1-11,18-19,30-31H,12-13H2,(H,22,32). The van der Waals surface area contributed by atoms with Crippen LogP contribution in [0.1, 0.15) is 22.2 Å². The SMILES string of the molecule is O=C(NC(CO)C(O)c1ccc([N+](=O)[O-])cc1)c1ccn(Cn2nnc(-c3ccccc3)n2)n1. The van der Waals surface area contributed by atoms with E-state index in [1.54, 1.807) is 6.20 Å². The van der Waals surface area contributed by atoms with E-state index in [9.17, 15) is 25.1 Å². The van der Waals surface area contributed by atoms with Gasteiger partial charge in [0, 0.05) is 23.9 Å². The highest BCUT2D eigenvalue weighted by molar-refractivity contribution is 5.92. The Hall–Kier alpha value is -4.49. The molecule has 4 aromatic rings. The van der Waals surface area contributed by atoms with Crippen molar-refractivity contribution in [3.63, 3.8) is 0 Å². The molecule has 3 N–H and O–H groups in total. The van der Waals surface area contributed by atoms with E-state index >= 15 is 0 Å². The fourth-order valence-electron chi connectivity index (χ4n) is 3.19. The van der Waals surface area contributed by atoms with Gasteiger partial charge in [0.1, 0.15) is 11.8 Å². The number of carbonyl (C=O) groups excluding carboxylic acids is 1. The lowest BCUT2D eigenvalue weighted by Crippen LogP contribution is -2.42. The zero-order valence-corrected chi connectivity index (χ0v) is 17.7. The number of non-ortho nitro benzene ring substituents is 1. The van der Waals surface area contributed by atoms with Crippen molar-refractivity contribution in [2.75, 3.05) is 6.61 Å². The van der Waals surface area contributed by atoms with Crippen molar-refractivity contribution in [1.29, 1.82) is 0 Å². The highest BCUT2D eigenvalue weighted by atomic mass is 16.6. The summed E-state index contributed by atoms with van der Waals surface area (Å²) in [6.07, 6.45) is 0.272. The van der Waals surface area contributed by atoms with Crippen LogP contribution in [0.4, 0.5) is 5.69 Å². The van der Waals surface area contributed by atoms with Crippen LogP contribution < -0.4 is 5.32 Å². The molecule has 0 aliphatic heterocycles. The van der Waals surface area contributed by atoms with E-state index in [1.165, 1.54) is 39.8 Å². The van der Waals surface area contributed by atoms with Crippen LogP contribution in [0.15, 0.2) is 66.9 Å². The first kappa shape index (κ1) is 22.7. The third-order valence-corrected chi connectivity index (χ3v) is 4.97. The van der Waals surface area contributed by atoms with Gasteiger partial charge >= 0.3 is 0 Å². The normalized spacial score (nSPS) is 12.8. The van der Waals surface area contributed by atoms with Crippen LogP contribution in [0.5, 0.6) is 0 Å². The predicted octanol–water partition coefficient (Wildman–Crippen LogP) is 0.775. The first-order chi connectivity index (χ1) is 16.4. The van der Waals surface area contributed by atoms with Crippen LogP contribution in [-0.2, 0) is 6.67 Å². The van der Waals surface area contributed by atoms with E-state index in [0.29, 0.717) is 11.4 Å². The fraction of sp³-hybridized carbons (Fsp3) is 0.190. The summed E-state index contributed by atoms with van der Waals surface area (Å²) in [5, 5.41) is 49.9. The molecule has 34 heavy (non-hydrogen) atoms. The Labute approximate surface area is 192 Å². The number of amides is 1. The summed E-state index contributed by atoms with van der Waals surface area (Å²) in [5.74, 6) is -0.160. The van der Waals surface area contributed by atoms with Crippen LogP contribution in [0.2, 0.25) is 0 Å². The number of aliphatic hydroxyl groups excluding tert-OH is 2. The van der Waals surface area contributed by atoms with Crippen molar-refractivity contribution in [2.45, 2.75) is 18.8 Å². The third-order valence-electron chi connectivity index (χ3n) is 4.97. The Morgan fingerprint density at radius 3 is 2.50 bits per heavy atom. The van der Waals surface area contributed by atoms with Crippen LogP contribution in [0, 0.1) is 10.1 Å². The van der Waals surface area contributed by atoms with Crippen molar-refractivity contribution in [2.24, 2.45) is 0 Å². The third kappa shape index (κ3) is 5.11. The van der Waals surface area contributed by atoms with Gasteiger partial charge in [0.2, 0.25) is 5.82 Å². The Kier molecular flexibility index (Phi) is 6.66. The molecule has 2 heterocycles. The number of aromatic nitrogens is 6. The Morgan fingerprint density at radius 2 is 1.82 bits per heavy atom. The van der Waals surface area contributed by atoms with Gasteiger partial charge in [0.05, 0.1) is 17.6 Å². The number of nitro benzene ring substituents is 1. The minimum absolute atomic E-state index is 0.0535. The van der Waals surface area contributed by atoms with E-state index in [4.69, 9.17) is 0 Å². The lowest BCUT2D eigenvalue weighted by molar-refractivity contribution is -0.384. The molecule has 2 aromatic heterocycles. The monoisotopic (exact) mass is 464 g/mol. The molecule has 2 unspecified atom stereocenters. The van der Waals surface area contributed by atoms with Crippen molar-refractivity contribution in [3.05, 3.63) is 88.2 Å².